The minimum atomic E-state index is -2.85. The molecule has 8 N–H and O–H groups in total. The number of Topliss-reactive ketones (excluding diaryl/α,β-unsaturated/α-hetero) is 1. The summed E-state index contributed by atoms with van der Waals surface area (Å²) in [5.41, 5.74) is 4.03. The van der Waals surface area contributed by atoms with Crippen LogP contribution < -0.4 is 21.5 Å². The lowest BCUT2D eigenvalue weighted by Crippen LogP contribution is -2.70. The summed E-state index contributed by atoms with van der Waals surface area (Å²) in [7, 11) is 1.33. The Kier molecular flexibility index (Phi) is 20.1. The Labute approximate surface area is 417 Å². The number of hydrogen-bond donors (Lipinski definition) is 8. The number of rotatable bonds is 11. The molecule has 71 heavy (non-hydrogen) atoms. The Hall–Kier alpha value is -4.84. The van der Waals surface area contributed by atoms with Gasteiger partial charge in [0.05, 0.1) is 12.2 Å². The van der Waals surface area contributed by atoms with Gasteiger partial charge in [-0.05, 0) is 109 Å². The minimum Gasteiger partial charge on any atom is -0.458 e. The SMILES string of the molecule is CC=C(C)C(=O)C(C)C=C(C)C1OC(O)(C(C)(O)C(=O)NC2C(=O)N3NCCCC3C(=O)N(O)C(C)C(=O)N(C)C(CC(C)C)C(=O)N3NCCCC3C(=O)NC(C(C)O)C(=O)OC2C(C)C)CCC1C. The van der Waals surface area contributed by atoms with E-state index in [2.05, 4.69) is 21.5 Å². The smallest absolute Gasteiger partial charge is 0.331 e. The molecule has 0 saturated carbocycles. The third-order valence-corrected chi connectivity index (χ3v) is 14.3. The Balaban J connectivity index is 1.85. The monoisotopic (exact) mass is 1000 g/mol. The van der Waals surface area contributed by atoms with Crippen molar-refractivity contribution in [2.24, 2.45) is 23.7 Å². The number of esters is 1. The van der Waals surface area contributed by atoms with Gasteiger partial charge in [0.1, 0.15) is 36.3 Å². The van der Waals surface area contributed by atoms with Gasteiger partial charge in [0.15, 0.2) is 17.4 Å². The van der Waals surface area contributed by atoms with Gasteiger partial charge in [-0.15, -0.1) is 0 Å². The van der Waals surface area contributed by atoms with Crippen LogP contribution in [-0.4, -0.2) is 174 Å². The first-order chi connectivity index (χ1) is 33.0. The Bertz CT molecular complexity index is 2060. The van der Waals surface area contributed by atoms with Crippen LogP contribution in [-0.2, 0) is 47.8 Å². The van der Waals surface area contributed by atoms with Gasteiger partial charge in [0.25, 0.3) is 23.6 Å². The maximum Gasteiger partial charge on any atom is 0.331 e. The number of ether oxygens (including phenoxy) is 2. The van der Waals surface area contributed by atoms with Gasteiger partial charge >= 0.3 is 5.97 Å². The van der Waals surface area contributed by atoms with Crippen LogP contribution >= 0.6 is 0 Å². The predicted octanol–water partition coefficient (Wildman–Crippen LogP) is 0.761. The van der Waals surface area contributed by atoms with Crippen molar-refractivity contribution in [3.8, 4) is 0 Å². The van der Waals surface area contributed by atoms with Crippen molar-refractivity contribution in [2.45, 2.75) is 194 Å². The third-order valence-electron chi connectivity index (χ3n) is 14.3. The van der Waals surface area contributed by atoms with Crippen molar-refractivity contribution in [2.75, 3.05) is 20.1 Å². The topological polar surface area (TPSA) is 297 Å². The molecule has 0 aromatic heterocycles. The molecular weight excluding hydrogens is 925 g/mol. The highest BCUT2D eigenvalue weighted by Crippen LogP contribution is 2.41. The number of likely N-dealkylation sites (N-methyl/N-ethyl adjacent to an activating group) is 1. The Morgan fingerprint density at radius 1 is 0.901 bits per heavy atom. The van der Waals surface area contributed by atoms with E-state index in [0.717, 1.165) is 21.8 Å². The lowest BCUT2D eigenvalue weighted by Gasteiger charge is -2.48. The summed E-state index contributed by atoms with van der Waals surface area (Å²) >= 11 is 0. The number of cyclic esters (lactones) is 1. The highest BCUT2D eigenvalue weighted by molar-refractivity contribution is 5.98. The average molecular weight is 1010 g/mol. The van der Waals surface area contributed by atoms with E-state index in [1.54, 1.807) is 39.8 Å². The summed E-state index contributed by atoms with van der Waals surface area (Å²) in [5, 5.41) is 54.0. The molecular formula is C49H80N8O14. The molecule has 4 aliphatic rings. The fourth-order valence-electron chi connectivity index (χ4n) is 9.58. The van der Waals surface area contributed by atoms with Gasteiger partial charge in [0, 0.05) is 32.5 Å². The van der Waals surface area contributed by atoms with Crippen LogP contribution in [0.4, 0.5) is 0 Å². The summed E-state index contributed by atoms with van der Waals surface area (Å²) in [4.78, 5) is 116. The molecule has 0 aliphatic carbocycles. The van der Waals surface area contributed by atoms with Crippen LogP contribution in [0.3, 0.4) is 0 Å². The van der Waals surface area contributed by atoms with Crippen LogP contribution in [0.2, 0.25) is 0 Å². The van der Waals surface area contributed by atoms with E-state index in [1.165, 1.54) is 34.7 Å². The highest BCUT2D eigenvalue weighted by atomic mass is 16.6. The molecule has 0 radical (unpaired) electrons. The third kappa shape index (κ3) is 13.0. The van der Waals surface area contributed by atoms with E-state index in [1.807, 2.05) is 20.8 Å². The molecule has 4 aliphatic heterocycles. The number of hydroxylamine groups is 2. The maximum atomic E-state index is 15.2. The van der Waals surface area contributed by atoms with E-state index in [0.29, 0.717) is 17.6 Å². The molecule has 13 unspecified atom stereocenters. The van der Waals surface area contributed by atoms with Crippen molar-refractivity contribution < 1.29 is 68.4 Å². The molecule has 0 spiro atoms. The largest absolute Gasteiger partial charge is 0.458 e. The molecule has 0 aromatic carbocycles. The normalized spacial score (nSPS) is 32.5. The van der Waals surface area contributed by atoms with Gasteiger partial charge in [-0.2, -0.15) is 0 Å². The number of allylic oxidation sites excluding steroid dienone is 3. The first kappa shape index (κ1) is 58.7. The van der Waals surface area contributed by atoms with Gasteiger partial charge in [-0.25, -0.2) is 20.7 Å². The number of amides is 6. The number of carbonyl (C=O) groups is 8. The maximum absolute atomic E-state index is 15.2. The number of hydrazine groups is 2. The Morgan fingerprint density at radius 3 is 2.03 bits per heavy atom. The van der Waals surface area contributed by atoms with Crippen molar-refractivity contribution in [1.29, 1.82) is 0 Å². The standard InChI is InChI=1S/C49H80N8O14/c1-14-27(6)38(59)29(8)24-30(9)40-28(7)19-20-49(68,71-40)48(12,67)47(66)53-37-39(26(4)5)70-46(65)36(32(11)58)52-41(60)33-17-15-21-50-55(33)43(62)35(23-25(2)3)54(13)42(61)31(10)57(69)44(63)34-18-16-22-51-56(34)45(37)64/h14,24-26,28-29,31-37,39-40,50-51,58,67-69H,15-23H2,1-13H3,(H,52,60)(H,53,66). The molecule has 0 aromatic rings. The van der Waals surface area contributed by atoms with Crippen LogP contribution in [0.5, 0.6) is 0 Å². The second-order valence-electron chi connectivity index (χ2n) is 20.8. The van der Waals surface area contributed by atoms with Crippen LogP contribution in [0.25, 0.3) is 0 Å². The van der Waals surface area contributed by atoms with Crippen LogP contribution in [0.1, 0.15) is 128 Å². The van der Waals surface area contributed by atoms with E-state index in [-0.39, 0.29) is 74.3 Å². The zero-order chi connectivity index (χ0) is 53.6. The van der Waals surface area contributed by atoms with Gasteiger partial charge in [0.2, 0.25) is 17.6 Å². The van der Waals surface area contributed by atoms with Crippen molar-refractivity contribution >= 4 is 47.2 Å². The predicted molar refractivity (Wildman–Crippen MR) is 256 cm³/mol. The van der Waals surface area contributed by atoms with Crippen LogP contribution in [0.15, 0.2) is 23.3 Å². The average Bonchev–Trinajstić information content (AvgIpc) is 3.33. The second kappa shape index (κ2) is 24.3. The summed E-state index contributed by atoms with van der Waals surface area (Å²) in [6.07, 6.45) is 0.00218. The molecule has 13 atom stereocenters. The molecule has 4 fully saturated rings. The highest BCUT2D eigenvalue weighted by Gasteiger charge is 2.58. The lowest BCUT2D eigenvalue weighted by molar-refractivity contribution is -0.321. The zero-order valence-electron chi connectivity index (χ0n) is 43.7. The molecule has 22 nitrogen and oxygen atoms in total. The van der Waals surface area contributed by atoms with E-state index < -0.39 is 119 Å². The van der Waals surface area contributed by atoms with Crippen molar-refractivity contribution in [1.82, 2.24) is 41.5 Å². The van der Waals surface area contributed by atoms with E-state index in [4.69, 9.17) is 9.47 Å². The number of carbonyl (C=O) groups excluding carboxylic acids is 8. The van der Waals surface area contributed by atoms with Crippen molar-refractivity contribution in [3.63, 3.8) is 0 Å². The number of aliphatic hydroxyl groups excluding tert-OH is 1. The first-order valence-electron chi connectivity index (χ1n) is 24.9. The number of nitrogens with zero attached hydrogens (tertiary/aromatic N) is 4. The molecule has 4 rings (SSSR count). The molecule has 4 saturated heterocycles. The van der Waals surface area contributed by atoms with E-state index >= 15 is 4.79 Å². The Morgan fingerprint density at radius 2 is 1.48 bits per heavy atom. The van der Waals surface area contributed by atoms with Crippen molar-refractivity contribution in [3.05, 3.63) is 23.3 Å². The summed E-state index contributed by atoms with van der Waals surface area (Å²) in [5.74, 6) is -11.9. The van der Waals surface area contributed by atoms with Gasteiger partial charge < -0.3 is 40.3 Å². The minimum absolute atomic E-state index is 0.0684. The quantitative estimate of drug-likeness (QED) is 0.0614. The summed E-state index contributed by atoms with van der Waals surface area (Å²) in [6.45, 7) is 19.2. The van der Waals surface area contributed by atoms with E-state index in [9.17, 15) is 54.1 Å². The zero-order valence-corrected chi connectivity index (χ0v) is 43.7. The second-order valence-corrected chi connectivity index (χ2v) is 20.8. The van der Waals surface area contributed by atoms with Gasteiger partial charge in [-0.1, -0.05) is 53.7 Å². The molecule has 4 heterocycles. The number of nitrogens with one attached hydrogen (secondary N) is 4. The fraction of sp³-hybridized carbons (Fsp3) is 0.755. The molecule has 22 heteroatoms. The molecule has 0 bridgehead atoms. The molecule has 400 valence electrons. The summed E-state index contributed by atoms with van der Waals surface area (Å²) in [6, 6.07) is -9.45. The number of aliphatic hydroxyl groups is 3. The molecule has 6 amide bonds. The summed E-state index contributed by atoms with van der Waals surface area (Å²) < 4.78 is 12.2. The number of hydrogen-bond acceptors (Lipinski definition) is 16. The number of fused-ring (bicyclic) bond motifs is 2. The lowest BCUT2D eigenvalue weighted by atomic mass is 9.80. The van der Waals surface area contributed by atoms with Crippen LogP contribution in [0, 0.1) is 23.7 Å². The number of ketones is 1. The fourth-order valence-corrected chi connectivity index (χ4v) is 9.58. The van der Waals surface area contributed by atoms with Gasteiger partial charge in [-0.3, -0.25) is 48.8 Å². The first-order valence-corrected chi connectivity index (χ1v) is 24.9.